The third kappa shape index (κ3) is 4.13. The first-order valence-corrected chi connectivity index (χ1v) is 9.50. The van der Waals surface area contributed by atoms with Gasteiger partial charge in [0.25, 0.3) is 0 Å². The van der Waals surface area contributed by atoms with Gasteiger partial charge in [0.15, 0.2) is 11.5 Å². The summed E-state index contributed by atoms with van der Waals surface area (Å²) in [6, 6.07) is 7.36. The van der Waals surface area contributed by atoms with E-state index >= 15 is 0 Å². The Morgan fingerprint density at radius 1 is 1.14 bits per heavy atom. The van der Waals surface area contributed by atoms with Crippen molar-refractivity contribution in [3.63, 3.8) is 0 Å². The molecule has 1 amide bonds. The predicted octanol–water partition coefficient (Wildman–Crippen LogP) is 2.45. The Bertz CT molecular complexity index is 899. The van der Waals surface area contributed by atoms with Gasteiger partial charge in [0.1, 0.15) is 0 Å². The second kappa shape index (κ2) is 8.37. The molecule has 1 aliphatic rings. The van der Waals surface area contributed by atoms with E-state index in [1.165, 1.54) is 0 Å². The third-order valence-electron chi connectivity index (χ3n) is 5.00. The van der Waals surface area contributed by atoms with Crippen LogP contribution in [0, 0.1) is 6.92 Å². The van der Waals surface area contributed by atoms with Crippen molar-refractivity contribution in [3.05, 3.63) is 52.3 Å². The molecule has 2 aromatic rings. The summed E-state index contributed by atoms with van der Waals surface area (Å²) in [5, 5.41) is 4.28. The van der Waals surface area contributed by atoms with Crippen molar-refractivity contribution < 1.29 is 19.1 Å². The van der Waals surface area contributed by atoms with Gasteiger partial charge >= 0.3 is 5.97 Å². The highest BCUT2D eigenvalue weighted by Gasteiger charge is 2.29. The van der Waals surface area contributed by atoms with E-state index in [2.05, 4.69) is 5.10 Å². The number of nitrogens with zero attached hydrogens (tertiary/aromatic N) is 3. The molecule has 1 aromatic carbocycles. The summed E-state index contributed by atoms with van der Waals surface area (Å²) < 4.78 is 6.76. The minimum atomic E-state index is -0.469. The molecule has 1 aliphatic heterocycles. The van der Waals surface area contributed by atoms with Gasteiger partial charge in [0, 0.05) is 56.2 Å². The number of esters is 1. The molecule has 0 fully saturated rings. The largest absolute Gasteiger partial charge is 0.461 e. The number of carbonyl (C=O) groups is 3. The molecule has 3 rings (SSSR count). The van der Waals surface area contributed by atoms with Crippen LogP contribution < -0.4 is 0 Å². The number of benzene rings is 1. The smallest absolute Gasteiger partial charge is 0.359 e. The van der Waals surface area contributed by atoms with Crippen LogP contribution >= 0.6 is 0 Å². The molecule has 0 aliphatic carbocycles. The standard InChI is InChI=1S/C21H25N3O4/c1-4-28-21(27)20-16-13-24(12-11-17(16)23(3)22-20)19(26)10-9-18(25)15-7-5-14(2)6-8-15/h5-8H,4,9-13H2,1-3H3. The summed E-state index contributed by atoms with van der Waals surface area (Å²) in [5.74, 6) is -0.604. The van der Waals surface area contributed by atoms with Crippen LogP contribution in [-0.4, -0.2) is 45.5 Å². The molecule has 0 saturated heterocycles. The maximum atomic E-state index is 12.6. The van der Waals surface area contributed by atoms with Crippen molar-refractivity contribution in [1.82, 2.24) is 14.7 Å². The fraction of sp³-hybridized carbons (Fsp3) is 0.429. The second-order valence-corrected chi connectivity index (χ2v) is 6.97. The molecule has 2 heterocycles. The van der Waals surface area contributed by atoms with Gasteiger partial charge < -0.3 is 9.64 Å². The summed E-state index contributed by atoms with van der Waals surface area (Å²) >= 11 is 0. The average molecular weight is 383 g/mol. The van der Waals surface area contributed by atoms with Crippen molar-refractivity contribution in [3.8, 4) is 0 Å². The maximum absolute atomic E-state index is 12.6. The van der Waals surface area contributed by atoms with Crippen LogP contribution in [0.5, 0.6) is 0 Å². The summed E-state index contributed by atoms with van der Waals surface area (Å²) in [4.78, 5) is 38.8. The molecule has 0 N–H and O–H groups in total. The van der Waals surface area contributed by atoms with E-state index < -0.39 is 5.97 Å². The maximum Gasteiger partial charge on any atom is 0.359 e. The van der Waals surface area contributed by atoms with Crippen LogP contribution in [-0.2, 0) is 29.5 Å². The lowest BCUT2D eigenvalue weighted by molar-refractivity contribution is -0.132. The Hall–Kier alpha value is -2.96. The van der Waals surface area contributed by atoms with Crippen LogP contribution in [0.15, 0.2) is 24.3 Å². The van der Waals surface area contributed by atoms with E-state index in [-0.39, 0.29) is 36.8 Å². The van der Waals surface area contributed by atoms with Crippen molar-refractivity contribution in [2.24, 2.45) is 7.05 Å². The molecule has 28 heavy (non-hydrogen) atoms. The van der Waals surface area contributed by atoms with E-state index in [0.29, 0.717) is 25.1 Å². The first-order chi connectivity index (χ1) is 13.4. The summed E-state index contributed by atoms with van der Waals surface area (Å²) in [7, 11) is 1.79. The Morgan fingerprint density at radius 2 is 1.86 bits per heavy atom. The number of aromatic nitrogens is 2. The van der Waals surface area contributed by atoms with E-state index in [9.17, 15) is 14.4 Å². The van der Waals surface area contributed by atoms with Gasteiger partial charge in [-0.2, -0.15) is 5.10 Å². The van der Waals surface area contributed by atoms with Gasteiger partial charge in [-0.15, -0.1) is 0 Å². The van der Waals surface area contributed by atoms with Gasteiger partial charge in [0.2, 0.25) is 5.91 Å². The number of aryl methyl sites for hydroxylation is 2. The topological polar surface area (TPSA) is 81.5 Å². The number of ketones is 1. The van der Waals surface area contributed by atoms with Gasteiger partial charge in [0.05, 0.1) is 6.61 Å². The monoisotopic (exact) mass is 383 g/mol. The third-order valence-corrected chi connectivity index (χ3v) is 5.00. The van der Waals surface area contributed by atoms with E-state index in [1.807, 2.05) is 19.1 Å². The molecule has 0 bridgehead atoms. The van der Waals surface area contributed by atoms with Crippen molar-refractivity contribution in [2.75, 3.05) is 13.2 Å². The Balaban J connectivity index is 1.64. The number of hydrogen-bond donors (Lipinski definition) is 0. The Kier molecular flexibility index (Phi) is 5.92. The SMILES string of the molecule is CCOC(=O)c1nn(C)c2c1CN(C(=O)CCC(=O)c1ccc(C)cc1)CC2. The molecule has 0 saturated carbocycles. The van der Waals surface area contributed by atoms with E-state index in [1.54, 1.807) is 35.7 Å². The van der Waals surface area contributed by atoms with E-state index in [0.717, 1.165) is 16.8 Å². The molecule has 148 valence electrons. The second-order valence-electron chi connectivity index (χ2n) is 6.97. The molecule has 7 heteroatoms. The zero-order valence-electron chi connectivity index (χ0n) is 16.5. The highest BCUT2D eigenvalue weighted by atomic mass is 16.5. The van der Waals surface area contributed by atoms with Crippen LogP contribution in [0.25, 0.3) is 0 Å². The number of amides is 1. The quantitative estimate of drug-likeness (QED) is 0.565. The number of rotatable bonds is 6. The van der Waals surface area contributed by atoms with Crippen LogP contribution in [0.3, 0.4) is 0 Å². The predicted molar refractivity (Wildman–Crippen MR) is 103 cm³/mol. The van der Waals surface area contributed by atoms with Crippen molar-refractivity contribution >= 4 is 17.7 Å². The number of fused-ring (bicyclic) bond motifs is 1. The number of carbonyl (C=O) groups excluding carboxylic acids is 3. The summed E-state index contributed by atoms with van der Waals surface area (Å²) in [6.45, 7) is 4.84. The number of Topliss-reactive ketones (excluding diaryl/α,β-unsaturated/α-hetero) is 1. The molecular formula is C21H25N3O4. The molecule has 0 spiro atoms. The summed E-state index contributed by atoms with van der Waals surface area (Å²) in [5.41, 5.74) is 3.67. The fourth-order valence-electron chi connectivity index (χ4n) is 3.43. The molecule has 0 atom stereocenters. The Labute approximate surface area is 164 Å². The van der Waals surface area contributed by atoms with Crippen LogP contribution in [0.1, 0.15) is 57.4 Å². The lowest BCUT2D eigenvalue weighted by Crippen LogP contribution is -2.36. The Morgan fingerprint density at radius 3 is 2.54 bits per heavy atom. The van der Waals surface area contributed by atoms with Crippen LogP contribution in [0.4, 0.5) is 0 Å². The summed E-state index contributed by atoms with van der Waals surface area (Å²) in [6.07, 6.45) is 0.940. The molecular weight excluding hydrogens is 358 g/mol. The first-order valence-electron chi connectivity index (χ1n) is 9.50. The molecule has 7 nitrogen and oxygen atoms in total. The molecule has 1 aromatic heterocycles. The molecule has 0 radical (unpaired) electrons. The molecule has 0 unspecified atom stereocenters. The van der Waals surface area contributed by atoms with Gasteiger partial charge in [-0.25, -0.2) is 4.79 Å². The number of ether oxygens (including phenoxy) is 1. The van der Waals surface area contributed by atoms with Gasteiger partial charge in [-0.05, 0) is 13.8 Å². The van der Waals surface area contributed by atoms with Crippen LogP contribution in [0.2, 0.25) is 0 Å². The lowest BCUT2D eigenvalue weighted by Gasteiger charge is -2.27. The average Bonchev–Trinajstić information content (AvgIpc) is 3.03. The highest BCUT2D eigenvalue weighted by molar-refractivity contribution is 5.98. The van der Waals surface area contributed by atoms with Crippen molar-refractivity contribution in [1.29, 1.82) is 0 Å². The van der Waals surface area contributed by atoms with Gasteiger partial charge in [-0.3, -0.25) is 14.3 Å². The minimum Gasteiger partial charge on any atom is -0.461 e. The normalized spacial score (nSPS) is 13.2. The number of hydrogen-bond acceptors (Lipinski definition) is 5. The zero-order chi connectivity index (χ0) is 20.3. The van der Waals surface area contributed by atoms with E-state index in [4.69, 9.17) is 4.74 Å². The highest BCUT2D eigenvalue weighted by Crippen LogP contribution is 2.23. The lowest BCUT2D eigenvalue weighted by atomic mass is 10.0. The van der Waals surface area contributed by atoms with Gasteiger partial charge in [-0.1, -0.05) is 29.8 Å². The zero-order valence-corrected chi connectivity index (χ0v) is 16.5. The fourth-order valence-corrected chi connectivity index (χ4v) is 3.43. The van der Waals surface area contributed by atoms with Crippen molar-refractivity contribution in [2.45, 2.75) is 39.7 Å². The minimum absolute atomic E-state index is 0.0420. The first kappa shape index (κ1) is 19.8.